The van der Waals surface area contributed by atoms with E-state index >= 15 is 0 Å². The summed E-state index contributed by atoms with van der Waals surface area (Å²) >= 11 is 0. The van der Waals surface area contributed by atoms with E-state index in [0.717, 1.165) is 18.4 Å². The van der Waals surface area contributed by atoms with Crippen LogP contribution in [0.5, 0.6) is 0 Å². The highest BCUT2D eigenvalue weighted by Gasteiger charge is 2.30. The van der Waals surface area contributed by atoms with Gasteiger partial charge in [0.25, 0.3) is 0 Å². The van der Waals surface area contributed by atoms with Crippen LogP contribution in [0, 0.1) is 11.8 Å². The molecule has 0 saturated carbocycles. The Bertz CT molecular complexity index is 127. The fraction of sp³-hybridized carbons (Fsp3) is 1.00. The molecule has 1 aliphatic rings. The van der Waals surface area contributed by atoms with Crippen molar-refractivity contribution in [2.24, 2.45) is 11.8 Å². The van der Waals surface area contributed by atoms with Gasteiger partial charge in [0.2, 0.25) is 0 Å². The molecule has 0 N–H and O–H groups in total. The van der Waals surface area contributed by atoms with Crippen molar-refractivity contribution >= 4 is 0 Å². The molecule has 78 valence electrons. The quantitative estimate of drug-likeness (QED) is 0.634. The minimum atomic E-state index is 0.517. The van der Waals surface area contributed by atoms with Crippen molar-refractivity contribution < 1.29 is 4.74 Å². The van der Waals surface area contributed by atoms with Crippen molar-refractivity contribution in [3.05, 3.63) is 0 Å². The van der Waals surface area contributed by atoms with Gasteiger partial charge in [-0.15, -0.1) is 0 Å². The van der Waals surface area contributed by atoms with Gasteiger partial charge in [-0.1, -0.05) is 39.5 Å². The van der Waals surface area contributed by atoms with Crippen LogP contribution < -0.4 is 0 Å². The molecular weight excluding hydrogens is 160 g/mol. The maximum atomic E-state index is 5.64. The molecular formula is C12H24O. The Morgan fingerprint density at radius 2 is 1.85 bits per heavy atom. The second kappa shape index (κ2) is 5.64. The minimum Gasteiger partial charge on any atom is -0.378 e. The zero-order valence-corrected chi connectivity index (χ0v) is 9.38. The van der Waals surface area contributed by atoms with E-state index in [0.29, 0.717) is 6.10 Å². The SMILES string of the molecule is CCCC(CCC)[C@H]1CCO[C@@H]1C. The van der Waals surface area contributed by atoms with Crippen LogP contribution in [0.15, 0.2) is 0 Å². The first-order valence-electron chi connectivity index (χ1n) is 5.91. The largest absolute Gasteiger partial charge is 0.378 e. The molecule has 0 spiro atoms. The number of hydrogen-bond acceptors (Lipinski definition) is 1. The lowest BCUT2D eigenvalue weighted by Crippen LogP contribution is -2.21. The molecule has 1 aliphatic heterocycles. The van der Waals surface area contributed by atoms with Crippen molar-refractivity contribution in [1.29, 1.82) is 0 Å². The molecule has 1 rings (SSSR count). The topological polar surface area (TPSA) is 9.23 Å². The second-order valence-electron chi connectivity index (χ2n) is 4.37. The van der Waals surface area contributed by atoms with Crippen molar-refractivity contribution in [2.45, 2.75) is 59.0 Å². The first-order chi connectivity index (χ1) is 6.29. The molecule has 2 atom stereocenters. The average Bonchev–Trinajstić information content (AvgIpc) is 2.51. The lowest BCUT2D eigenvalue weighted by atomic mass is 9.81. The van der Waals surface area contributed by atoms with Gasteiger partial charge in [-0.05, 0) is 25.2 Å². The highest BCUT2D eigenvalue weighted by atomic mass is 16.5. The molecule has 1 heterocycles. The summed E-state index contributed by atoms with van der Waals surface area (Å²) in [5, 5.41) is 0. The van der Waals surface area contributed by atoms with Gasteiger partial charge in [0.1, 0.15) is 0 Å². The molecule has 1 nitrogen and oxygen atoms in total. The third-order valence-corrected chi connectivity index (χ3v) is 3.36. The fourth-order valence-corrected chi connectivity index (χ4v) is 2.68. The summed E-state index contributed by atoms with van der Waals surface area (Å²) in [4.78, 5) is 0. The van der Waals surface area contributed by atoms with Gasteiger partial charge in [0.05, 0.1) is 6.10 Å². The van der Waals surface area contributed by atoms with Gasteiger partial charge in [0.15, 0.2) is 0 Å². The van der Waals surface area contributed by atoms with Gasteiger partial charge in [-0.3, -0.25) is 0 Å². The molecule has 0 aromatic heterocycles. The summed E-state index contributed by atoms with van der Waals surface area (Å²) in [6, 6.07) is 0. The Morgan fingerprint density at radius 1 is 1.23 bits per heavy atom. The first-order valence-corrected chi connectivity index (χ1v) is 5.91. The van der Waals surface area contributed by atoms with Crippen LogP contribution in [-0.2, 0) is 4.74 Å². The van der Waals surface area contributed by atoms with Crippen molar-refractivity contribution in [3.8, 4) is 0 Å². The van der Waals surface area contributed by atoms with Crippen molar-refractivity contribution in [1.82, 2.24) is 0 Å². The molecule has 0 bridgehead atoms. The maximum Gasteiger partial charge on any atom is 0.0578 e. The Kier molecular flexibility index (Phi) is 4.79. The van der Waals surface area contributed by atoms with Gasteiger partial charge >= 0.3 is 0 Å². The van der Waals surface area contributed by atoms with Crippen molar-refractivity contribution in [3.63, 3.8) is 0 Å². The average molecular weight is 184 g/mol. The summed E-state index contributed by atoms with van der Waals surface area (Å²) in [6.45, 7) is 7.83. The normalized spacial score (nSPS) is 28.6. The molecule has 1 saturated heterocycles. The van der Waals surface area contributed by atoms with Gasteiger partial charge in [0, 0.05) is 6.61 Å². The van der Waals surface area contributed by atoms with E-state index in [4.69, 9.17) is 4.74 Å². The van der Waals surface area contributed by atoms with E-state index in [-0.39, 0.29) is 0 Å². The number of ether oxygens (including phenoxy) is 1. The van der Waals surface area contributed by atoms with Crippen LogP contribution in [0.25, 0.3) is 0 Å². The fourth-order valence-electron chi connectivity index (χ4n) is 2.68. The third-order valence-electron chi connectivity index (χ3n) is 3.36. The van der Waals surface area contributed by atoms with E-state index in [2.05, 4.69) is 20.8 Å². The molecule has 1 heteroatoms. The van der Waals surface area contributed by atoms with Gasteiger partial charge in [-0.25, -0.2) is 0 Å². The first kappa shape index (κ1) is 11.0. The Labute approximate surface area is 82.9 Å². The lowest BCUT2D eigenvalue weighted by Gasteiger charge is -2.25. The van der Waals surface area contributed by atoms with Crippen molar-refractivity contribution in [2.75, 3.05) is 6.61 Å². The molecule has 0 amide bonds. The predicted molar refractivity (Wildman–Crippen MR) is 56.8 cm³/mol. The predicted octanol–water partition coefficient (Wildman–Crippen LogP) is 3.63. The Morgan fingerprint density at radius 3 is 2.23 bits per heavy atom. The van der Waals surface area contributed by atoms with Gasteiger partial charge in [-0.2, -0.15) is 0 Å². The highest BCUT2D eigenvalue weighted by Crippen LogP contribution is 2.33. The third kappa shape index (κ3) is 2.98. The highest BCUT2D eigenvalue weighted by molar-refractivity contribution is 4.79. The van der Waals surface area contributed by atoms with Gasteiger partial charge < -0.3 is 4.74 Å². The molecule has 0 radical (unpaired) electrons. The van der Waals surface area contributed by atoms with E-state index < -0.39 is 0 Å². The van der Waals surface area contributed by atoms with Crippen LogP contribution in [0.4, 0.5) is 0 Å². The van der Waals surface area contributed by atoms with E-state index in [1.54, 1.807) is 0 Å². The molecule has 13 heavy (non-hydrogen) atoms. The summed E-state index contributed by atoms with van der Waals surface area (Å²) in [7, 11) is 0. The molecule has 0 aliphatic carbocycles. The zero-order valence-electron chi connectivity index (χ0n) is 9.38. The van der Waals surface area contributed by atoms with Crippen LogP contribution in [0.3, 0.4) is 0 Å². The number of rotatable bonds is 5. The van der Waals surface area contributed by atoms with E-state index in [1.165, 1.54) is 32.1 Å². The summed E-state index contributed by atoms with van der Waals surface area (Å²) in [5.41, 5.74) is 0. The standard InChI is InChI=1S/C12H24O/c1-4-6-11(7-5-2)12-8-9-13-10(12)3/h10-12H,4-9H2,1-3H3/t10-,12+/m1/s1. The van der Waals surface area contributed by atoms with E-state index in [1.807, 2.05) is 0 Å². The summed E-state index contributed by atoms with van der Waals surface area (Å²) in [5.74, 6) is 1.77. The second-order valence-corrected chi connectivity index (χ2v) is 4.37. The lowest BCUT2D eigenvalue weighted by molar-refractivity contribution is 0.0859. The van der Waals surface area contributed by atoms with Crippen LogP contribution in [0.2, 0.25) is 0 Å². The minimum absolute atomic E-state index is 0.517. The molecule has 0 aromatic carbocycles. The monoisotopic (exact) mass is 184 g/mol. The van der Waals surface area contributed by atoms with Crippen LogP contribution in [-0.4, -0.2) is 12.7 Å². The smallest absolute Gasteiger partial charge is 0.0578 e. The van der Waals surface area contributed by atoms with E-state index in [9.17, 15) is 0 Å². The number of hydrogen-bond donors (Lipinski definition) is 0. The maximum absolute atomic E-state index is 5.64. The zero-order chi connectivity index (χ0) is 9.68. The molecule has 1 fully saturated rings. The summed E-state index contributed by atoms with van der Waals surface area (Å²) < 4.78 is 5.64. The molecule has 0 unspecified atom stereocenters. The summed E-state index contributed by atoms with van der Waals surface area (Å²) in [6.07, 6.45) is 7.26. The molecule has 0 aromatic rings. The van der Waals surface area contributed by atoms with Crippen LogP contribution >= 0.6 is 0 Å². The Balaban J connectivity index is 2.42. The Hall–Kier alpha value is -0.0400. The van der Waals surface area contributed by atoms with Crippen LogP contribution in [0.1, 0.15) is 52.9 Å².